The van der Waals surface area contributed by atoms with Crippen molar-refractivity contribution < 1.29 is 9.90 Å². The number of anilines is 3. The Kier molecular flexibility index (Phi) is 7.36. The highest BCUT2D eigenvalue weighted by molar-refractivity contribution is 7.18. The number of thiazole rings is 1. The highest BCUT2D eigenvalue weighted by Crippen LogP contribution is 2.32. The largest absolute Gasteiger partial charge is 0.395 e. The molecule has 2 amide bonds. The van der Waals surface area contributed by atoms with Crippen LogP contribution in [0.2, 0.25) is 0 Å². The van der Waals surface area contributed by atoms with Crippen LogP contribution in [0.15, 0.2) is 42.7 Å². The predicted octanol–water partition coefficient (Wildman–Crippen LogP) is 3.25. The predicted molar refractivity (Wildman–Crippen MR) is 131 cm³/mol. The fraction of sp³-hybridized carbons (Fsp3) is 0.391. The quantitative estimate of drug-likeness (QED) is 0.490. The molecule has 3 aromatic rings. The van der Waals surface area contributed by atoms with E-state index in [1.165, 1.54) is 0 Å². The number of hydrogen-bond acceptors (Lipinski definition) is 8. The number of hydrogen-bond donors (Lipinski definition) is 3. The smallest absolute Gasteiger partial charge is 0.317 e. The summed E-state index contributed by atoms with van der Waals surface area (Å²) in [6, 6.07) is 10.0. The number of rotatable bonds is 7. The van der Waals surface area contributed by atoms with Gasteiger partial charge in [-0.15, -0.1) is 0 Å². The molecule has 1 aliphatic rings. The van der Waals surface area contributed by atoms with Crippen LogP contribution in [-0.4, -0.2) is 70.3 Å². The molecule has 174 valence electrons. The van der Waals surface area contributed by atoms with Crippen LogP contribution in [0.25, 0.3) is 10.6 Å². The first kappa shape index (κ1) is 22.9. The van der Waals surface area contributed by atoms with Crippen LogP contribution < -0.4 is 15.5 Å². The van der Waals surface area contributed by atoms with Gasteiger partial charge in [0.05, 0.1) is 17.2 Å². The Morgan fingerprint density at radius 1 is 1.24 bits per heavy atom. The lowest BCUT2D eigenvalue weighted by Gasteiger charge is -2.36. The Morgan fingerprint density at radius 3 is 2.82 bits per heavy atom. The van der Waals surface area contributed by atoms with E-state index < -0.39 is 0 Å². The second kappa shape index (κ2) is 10.6. The van der Waals surface area contributed by atoms with Crippen molar-refractivity contribution in [1.29, 1.82) is 0 Å². The maximum atomic E-state index is 12.1. The molecule has 9 nitrogen and oxygen atoms in total. The van der Waals surface area contributed by atoms with Gasteiger partial charge in [-0.25, -0.2) is 19.7 Å². The van der Waals surface area contributed by atoms with Gasteiger partial charge in [-0.2, -0.15) is 0 Å². The molecule has 0 saturated carbocycles. The second-order valence-corrected chi connectivity index (χ2v) is 9.05. The number of likely N-dealkylation sites (tertiary alicyclic amines) is 1. The van der Waals surface area contributed by atoms with Crippen LogP contribution >= 0.6 is 11.3 Å². The average molecular weight is 468 g/mol. The molecule has 33 heavy (non-hydrogen) atoms. The standard InChI is InChI=1S/C23H29N7O2S/c1-16-6-9-24-21(14-16)28-20-5-3-4-18(27-20)19-15-26-23(33-19)29(2)17-7-11-30(12-8-17)22(32)25-10-13-31/h3-6,9,14-15,17,31H,7-8,10-13H2,1-2H3,(H,25,32)(H,24,27,28). The normalized spacial score (nSPS) is 14.2. The molecule has 1 aliphatic heterocycles. The summed E-state index contributed by atoms with van der Waals surface area (Å²) < 4.78 is 0. The third-order valence-electron chi connectivity index (χ3n) is 5.66. The number of aliphatic hydroxyl groups is 1. The molecule has 0 aromatic carbocycles. The first-order valence-corrected chi connectivity index (χ1v) is 11.8. The van der Waals surface area contributed by atoms with Gasteiger partial charge in [0.25, 0.3) is 0 Å². The van der Waals surface area contributed by atoms with E-state index in [0.717, 1.165) is 45.7 Å². The van der Waals surface area contributed by atoms with Gasteiger partial charge < -0.3 is 25.5 Å². The number of amides is 2. The lowest BCUT2D eigenvalue weighted by Crippen LogP contribution is -2.49. The van der Waals surface area contributed by atoms with Crippen LogP contribution in [0.1, 0.15) is 18.4 Å². The van der Waals surface area contributed by atoms with Crippen molar-refractivity contribution in [1.82, 2.24) is 25.2 Å². The molecule has 3 aromatic heterocycles. The zero-order valence-electron chi connectivity index (χ0n) is 18.9. The lowest BCUT2D eigenvalue weighted by molar-refractivity contribution is 0.177. The monoisotopic (exact) mass is 467 g/mol. The first-order valence-electron chi connectivity index (χ1n) is 11.0. The van der Waals surface area contributed by atoms with E-state index in [9.17, 15) is 4.79 Å². The van der Waals surface area contributed by atoms with Gasteiger partial charge in [-0.1, -0.05) is 17.4 Å². The van der Waals surface area contributed by atoms with Gasteiger partial charge in [0.1, 0.15) is 11.6 Å². The number of aliphatic hydroxyl groups excluding tert-OH is 1. The number of aromatic nitrogens is 3. The highest BCUT2D eigenvalue weighted by Gasteiger charge is 2.26. The van der Waals surface area contributed by atoms with Crippen LogP contribution in [0, 0.1) is 6.92 Å². The molecular weight excluding hydrogens is 438 g/mol. The van der Waals surface area contributed by atoms with E-state index >= 15 is 0 Å². The summed E-state index contributed by atoms with van der Waals surface area (Å²) in [6.07, 6.45) is 5.39. The summed E-state index contributed by atoms with van der Waals surface area (Å²) >= 11 is 1.61. The zero-order valence-corrected chi connectivity index (χ0v) is 19.7. The Bertz CT molecular complexity index is 1080. The number of aryl methyl sites for hydroxylation is 1. The van der Waals surface area contributed by atoms with Crippen LogP contribution in [-0.2, 0) is 0 Å². The Balaban J connectivity index is 1.38. The molecule has 10 heteroatoms. The van der Waals surface area contributed by atoms with Crippen molar-refractivity contribution in [3.8, 4) is 10.6 Å². The van der Waals surface area contributed by atoms with Crippen molar-refractivity contribution >= 4 is 34.1 Å². The maximum Gasteiger partial charge on any atom is 0.317 e. The number of piperidine rings is 1. The first-order chi connectivity index (χ1) is 16.0. The molecule has 4 rings (SSSR count). The Labute approximate surface area is 197 Å². The molecule has 3 N–H and O–H groups in total. The molecule has 0 aliphatic carbocycles. The van der Waals surface area contributed by atoms with Crippen LogP contribution in [0.4, 0.5) is 21.6 Å². The summed E-state index contributed by atoms with van der Waals surface area (Å²) in [5.74, 6) is 1.50. The van der Waals surface area contributed by atoms with Gasteiger partial charge in [0.2, 0.25) is 0 Å². The average Bonchev–Trinajstić information content (AvgIpc) is 3.33. The summed E-state index contributed by atoms with van der Waals surface area (Å²) in [7, 11) is 2.06. The molecular formula is C23H29N7O2S. The number of carbonyl (C=O) groups is 1. The molecule has 1 fully saturated rings. The minimum atomic E-state index is -0.109. The van der Waals surface area contributed by atoms with Gasteiger partial charge >= 0.3 is 6.03 Å². The highest BCUT2D eigenvalue weighted by atomic mass is 32.1. The number of urea groups is 1. The van der Waals surface area contributed by atoms with Gasteiger partial charge in [-0.05, 0) is 49.6 Å². The van der Waals surface area contributed by atoms with E-state index in [-0.39, 0.29) is 19.2 Å². The minimum absolute atomic E-state index is 0.0477. The molecule has 0 spiro atoms. The lowest BCUT2D eigenvalue weighted by atomic mass is 10.0. The van der Waals surface area contributed by atoms with Crippen LogP contribution in [0.5, 0.6) is 0 Å². The molecule has 1 saturated heterocycles. The fourth-order valence-corrected chi connectivity index (χ4v) is 4.73. The third kappa shape index (κ3) is 5.77. The van der Waals surface area contributed by atoms with E-state index in [2.05, 4.69) is 32.5 Å². The fourth-order valence-electron chi connectivity index (χ4n) is 3.81. The van der Waals surface area contributed by atoms with Crippen molar-refractivity contribution in [3.05, 3.63) is 48.3 Å². The van der Waals surface area contributed by atoms with Gasteiger partial charge in [-0.3, -0.25) is 0 Å². The number of pyridine rings is 2. The van der Waals surface area contributed by atoms with Crippen molar-refractivity contribution in [3.63, 3.8) is 0 Å². The zero-order chi connectivity index (χ0) is 23.2. The number of nitrogens with zero attached hydrogens (tertiary/aromatic N) is 5. The summed E-state index contributed by atoms with van der Waals surface area (Å²) in [6.45, 7) is 3.64. The van der Waals surface area contributed by atoms with Gasteiger partial charge in [0.15, 0.2) is 5.13 Å². The molecule has 0 atom stereocenters. The van der Waals surface area contributed by atoms with Crippen LogP contribution in [0.3, 0.4) is 0 Å². The summed E-state index contributed by atoms with van der Waals surface area (Å²) in [4.78, 5) is 30.8. The molecule has 4 heterocycles. The SMILES string of the molecule is Cc1ccnc(Nc2cccc(-c3cnc(N(C)C4CCN(C(=O)NCCO)CC4)s3)n2)c1. The summed E-state index contributed by atoms with van der Waals surface area (Å²) in [5.41, 5.74) is 2.00. The third-order valence-corrected chi connectivity index (χ3v) is 6.77. The number of nitrogens with one attached hydrogen (secondary N) is 2. The minimum Gasteiger partial charge on any atom is -0.395 e. The van der Waals surface area contributed by atoms with E-state index in [0.29, 0.717) is 19.1 Å². The van der Waals surface area contributed by atoms with Gasteiger partial charge in [0, 0.05) is 45.1 Å². The molecule has 0 bridgehead atoms. The van der Waals surface area contributed by atoms with E-state index in [4.69, 9.17) is 10.1 Å². The van der Waals surface area contributed by atoms with Crippen molar-refractivity contribution in [2.75, 3.05) is 43.5 Å². The molecule has 0 radical (unpaired) electrons. The number of carbonyl (C=O) groups excluding carboxylic acids is 1. The topological polar surface area (TPSA) is 107 Å². The second-order valence-electron chi connectivity index (χ2n) is 8.04. The van der Waals surface area contributed by atoms with E-state index in [1.54, 1.807) is 22.4 Å². The Morgan fingerprint density at radius 2 is 2.06 bits per heavy atom. The maximum absolute atomic E-state index is 12.1. The van der Waals surface area contributed by atoms with Crippen molar-refractivity contribution in [2.45, 2.75) is 25.8 Å². The van der Waals surface area contributed by atoms with E-state index in [1.807, 2.05) is 43.5 Å². The van der Waals surface area contributed by atoms with Crippen molar-refractivity contribution in [2.24, 2.45) is 0 Å². The molecule has 0 unspecified atom stereocenters. The summed E-state index contributed by atoms with van der Waals surface area (Å²) in [5, 5.41) is 15.8. The Hall–Kier alpha value is -3.24.